The largest absolute Gasteiger partial charge is 0.498 e. The summed E-state index contributed by atoms with van der Waals surface area (Å²) in [5.74, 6) is -1.17. The number of aliphatic hydroxyl groups is 5. The lowest BCUT2D eigenvalue weighted by Gasteiger charge is -2.32. The third kappa shape index (κ3) is 7.00. The Kier molecular flexibility index (Phi) is 12.1. The van der Waals surface area contributed by atoms with Crippen molar-refractivity contribution in [1.29, 1.82) is 0 Å². The Morgan fingerprint density at radius 3 is 1.95 bits per heavy atom. The number of fused-ring (bicyclic) bond motifs is 1. The first-order valence-electron chi connectivity index (χ1n) is 13.2. The van der Waals surface area contributed by atoms with Crippen molar-refractivity contribution in [2.24, 2.45) is 11.8 Å². The number of allylic oxidation sites excluding steroid dienone is 3. The molecule has 0 aromatic heterocycles. The molecule has 0 saturated carbocycles. The van der Waals surface area contributed by atoms with Gasteiger partial charge in [0.2, 0.25) is 0 Å². The maximum atomic E-state index is 13.5. The normalized spacial score (nSPS) is 22.6. The maximum absolute atomic E-state index is 13.5. The summed E-state index contributed by atoms with van der Waals surface area (Å²) in [6, 6.07) is -2.07. The van der Waals surface area contributed by atoms with Crippen LogP contribution in [0, 0.1) is 22.5 Å². The summed E-state index contributed by atoms with van der Waals surface area (Å²) in [7, 11) is 0. The van der Waals surface area contributed by atoms with Gasteiger partial charge in [-0.3, -0.25) is 9.59 Å². The number of hydrogen-bond acceptors (Lipinski definition) is 9. The molecule has 2 amide bonds. The molecule has 1 heterocycles. The van der Waals surface area contributed by atoms with E-state index in [-0.39, 0.29) is 41.7 Å². The Balaban J connectivity index is 1.82. The molecular weight excluding hydrogens is 887 g/mol. The van der Waals surface area contributed by atoms with E-state index in [4.69, 9.17) is 4.74 Å². The molecular formula is C28H32I3N3O8. The Labute approximate surface area is 284 Å². The number of anilines is 1. The van der Waals surface area contributed by atoms with Crippen molar-refractivity contribution < 1.29 is 39.9 Å². The van der Waals surface area contributed by atoms with Gasteiger partial charge in [-0.1, -0.05) is 24.3 Å². The minimum atomic E-state index is -0.899. The third-order valence-corrected chi connectivity index (χ3v) is 10.7. The summed E-state index contributed by atoms with van der Waals surface area (Å²) in [4.78, 5) is 27.0. The van der Waals surface area contributed by atoms with Crippen LogP contribution >= 0.6 is 67.8 Å². The van der Waals surface area contributed by atoms with Crippen LogP contribution in [0.2, 0.25) is 0 Å². The Morgan fingerprint density at radius 2 is 1.48 bits per heavy atom. The van der Waals surface area contributed by atoms with Gasteiger partial charge in [0.15, 0.2) is 0 Å². The number of hydrogen-bond donors (Lipinski definition) is 8. The number of carbonyl (C=O) groups excluding carboxylic acids is 2. The number of aliphatic hydroxyl groups excluding tert-OH is 5. The van der Waals surface area contributed by atoms with Crippen LogP contribution in [0.15, 0.2) is 47.8 Å². The van der Waals surface area contributed by atoms with E-state index >= 15 is 0 Å². The first-order chi connectivity index (χ1) is 20.2. The van der Waals surface area contributed by atoms with Crippen molar-refractivity contribution in [3.05, 3.63) is 69.6 Å². The van der Waals surface area contributed by atoms with Gasteiger partial charge in [-0.2, -0.15) is 0 Å². The number of amides is 2. The molecule has 1 aromatic rings. The molecule has 11 nitrogen and oxygen atoms in total. The summed E-state index contributed by atoms with van der Waals surface area (Å²) in [5, 5.41) is 56.8. The van der Waals surface area contributed by atoms with Gasteiger partial charge in [0.05, 0.1) is 81.4 Å². The van der Waals surface area contributed by atoms with Crippen LogP contribution in [0.4, 0.5) is 5.69 Å². The fourth-order valence-electron chi connectivity index (χ4n) is 5.27. The molecule has 8 N–H and O–H groups in total. The Bertz CT molecular complexity index is 1260. The van der Waals surface area contributed by atoms with E-state index < -0.39 is 50.3 Å². The molecule has 0 saturated heterocycles. The van der Waals surface area contributed by atoms with Gasteiger partial charge in [-0.25, -0.2) is 0 Å². The molecule has 0 radical (unpaired) electrons. The molecule has 4 atom stereocenters. The van der Waals surface area contributed by atoms with Crippen LogP contribution < -0.4 is 16.0 Å². The fourth-order valence-corrected chi connectivity index (χ4v) is 9.72. The van der Waals surface area contributed by atoms with Crippen LogP contribution in [0.3, 0.4) is 0 Å². The van der Waals surface area contributed by atoms with Crippen molar-refractivity contribution in [1.82, 2.24) is 10.6 Å². The molecule has 1 aliphatic heterocycles. The molecule has 0 fully saturated rings. The smallest absolute Gasteiger partial charge is 0.253 e. The van der Waals surface area contributed by atoms with Gasteiger partial charge in [0.25, 0.3) is 11.8 Å². The highest BCUT2D eigenvalue weighted by Crippen LogP contribution is 2.45. The molecule has 4 rings (SSSR count). The van der Waals surface area contributed by atoms with E-state index in [1.54, 1.807) is 6.26 Å². The van der Waals surface area contributed by atoms with E-state index in [0.717, 1.165) is 17.6 Å². The highest BCUT2D eigenvalue weighted by atomic mass is 127. The maximum Gasteiger partial charge on any atom is 0.253 e. The number of benzene rings is 1. The summed E-state index contributed by atoms with van der Waals surface area (Å²) in [5.41, 5.74) is 2.73. The third-order valence-electron chi connectivity index (χ3n) is 7.42. The van der Waals surface area contributed by atoms with Crippen LogP contribution in [-0.4, -0.2) is 94.6 Å². The van der Waals surface area contributed by atoms with Crippen molar-refractivity contribution in [3.63, 3.8) is 0 Å². The zero-order chi connectivity index (χ0) is 30.6. The molecule has 4 unspecified atom stereocenters. The lowest BCUT2D eigenvalue weighted by atomic mass is 9.81. The Hall–Kier alpha value is -1.29. The lowest BCUT2D eigenvalue weighted by molar-refractivity contribution is 0.0873. The Morgan fingerprint density at radius 1 is 0.905 bits per heavy atom. The predicted molar refractivity (Wildman–Crippen MR) is 181 cm³/mol. The molecule has 0 bridgehead atoms. The van der Waals surface area contributed by atoms with Crippen molar-refractivity contribution in [2.75, 3.05) is 38.4 Å². The second kappa shape index (κ2) is 15.1. The first-order valence-corrected chi connectivity index (χ1v) is 16.5. The highest BCUT2D eigenvalue weighted by molar-refractivity contribution is 14.1. The van der Waals surface area contributed by atoms with Gasteiger partial charge < -0.3 is 46.2 Å². The topological polar surface area (TPSA) is 181 Å². The monoisotopic (exact) mass is 919 g/mol. The highest BCUT2D eigenvalue weighted by Gasteiger charge is 2.43. The minimum absolute atomic E-state index is 0.0251. The predicted octanol–water partition coefficient (Wildman–Crippen LogP) is 1.41. The summed E-state index contributed by atoms with van der Waals surface area (Å²) in [6.45, 7) is -1.98. The average molecular weight is 919 g/mol. The molecule has 0 spiro atoms. The van der Waals surface area contributed by atoms with Gasteiger partial charge in [-0.15, -0.1) is 0 Å². The minimum Gasteiger partial charge on any atom is -0.498 e. The molecule has 1 aromatic carbocycles. The van der Waals surface area contributed by atoms with E-state index in [1.165, 1.54) is 0 Å². The average Bonchev–Trinajstić information content (AvgIpc) is 3.63. The number of ether oxygens (including phenoxy) is 1. The second-order valence-electron chi connectivity index (χ2n) is 10.1. The van der Waals surface area contributed by atoms with Crippen LogP contribution in [0.25, 0.3) is 0 Å². The number of carbonyl (C=O) groups is 2. The fraction of sp³-hybridized carbons (Fsp3) is 0.429. The van der Waals surface area contributed by atoms with Crippen LogP contribution in [0.5, 0.6) is 0 Å². The molecule has 228 valence electrons. The van der Waals surface area contributed by atoms with Gasteiger partial charge in [0, 0.05) is 21.8 Å². The molecule has 14 heteroatoms. The van der Waals surface area contributed by atoms with E-state index in [1.807, 2.05) is 40.8 Å². The summed E-state index contributed by atoms with van der Waals surface area (Å²) in [6.07, 6.45) is 12.3. The van der Waals surface area contributed by atoms with Crippen molar-refractivity contribution in [3.8, 4) is 0 Å². The van der Waals surface area contributed by atoms with E-state index in [9.17, 15) is 35.1 Å². The summed E-state index contributed by atoms with van der Waals surface area (Å²) < 4.78 is 7.36. The molecule has 42 heavy (non-hydrogen) atoms. The standard InChI is InChI=1S/C28H32I3N3O8/c29-23-21(27(40)32-15(9-36)10-37)24(30)26(25(31)22(23)28(41)33-16(11-38)12-39)34-18-7-14-6-13(8-35)3-4-17(14)20(18)19-2-1-5-42-19/h1,3-7,15-20,34-39H,2,8-12H2,(H,32,40)(H,33,41). The summed E-state index contributed by atoms with van der Waals surface area (Å²) >= 11 is 6.04. The van der Waals surface area contributed by atoms with Crippen molar-refractivity contribution >= 4 is 85.3 Å². The first kappa shape index (κ1) is 33.6. The van der Waals surface area contributed by atoms with Gasteiger partial charge in [0.1, 0.15) is 6.10 Å². The zero-order valence-corrected chi connectivity index (χ0v) is 28.7. The molecule has 2 aliphatic carbocycles. The van der Waals surface area contributed by atoms with E-state index in [0.29, 0.717) is 16.4 Å². The SMILES string of the molecule is O=C(NC(CO)CO)c1c(I)c(NC2C=C3C=C(CO)C=CC3C2C2CC=CO2)c(I)c(C(=O)NC(CO)CO)c1I. The van der Waals surface area contributed by atoms with Crippen LogP contribution in [0.1, 0.15) is 27.1 Å². The van der Waals surface area contributed by atoms with Gasteiger partial charge in [-0.05, 0) is 85.0 Å². The van der Waals surface area contributed by atoms with E-state index in [2.05, 4.69) is 73.3 Å². The quantitative estimate of drug-likeness (QED) is 0.144. The van der Waals surface area contributed by atoms with Crippen molar-refractivity contribution in [2.45, 2.75) is 30.7 Å². The number of nitrogens with one attached hydrogen (secondary N) is 3. The molecule has 3 aliphatic rings. The lowest BCUT2D eigenvalue weighted by Crippen LogP contribution is -2.43. The number of halogens is 3. The second-order valence-corrected chi connectivity index (χ2v) is 13.3. The number of rotatable bonds is 12. The van der Waals surface area contributed by atoms with Crippen LogP contribution in [-0.2, 0) is 4.74 Å². The zero-order valence-electron chi connectivity index (χ0n) is 22.3. The van der Waals surface area contributed by atoms with Gasteiger partial charge >= 0.3 is 0 Å².